The Hall–Kier alpha value is -2.59. The number of rotatable bonds is 7. The average Bonchev–Trinajstić information content (AvgIpc) is 2.58. The van der Waals surface area contributed by atoms with Gasteiger partial charge in [-0.3, -0.25) is 4.79 Å². The van der Waals surface area contributed by atoms with Gasteiger partial charge in [0.15, 0.2) is 24.1 Å². The number of benzene rings is 2. The zero-order valence-corrected chi connectivity index (χ0v) is 12.6. The minimum atomic E-state index is -0.0968. The van der Waals surface area contributed by atoms with Crippen molar-refractivity contribution in [2.24, 2.45) is 0 Å². The van der Waals surface area contributed by atoms with Crippen LogP contribution < -0.4 is 9.47 Å². The summed E-state index contributed by atoms with van der Waals surface area (Å²) < 4.78 is 15.5. The van der Waals surface area contributed by atoms with Crippen LogP contribution in [0.25, 0.3) is 6.08 Å². The molecule has 0 spiro atoms. The van der Waals surface area contributed by atoms with Crippen LogP contribution in [0.1, 0.15) is 15.9 Å². The lowest BCUT2D eigenvalue weighted by atomic mass is 10.1. The SMILES string of the molecule is COCOc1ccc(C(=O)/C=C/c2ccccc2)cc1OC. The van der Waals surface area contributed by atoms with E-state index in [1.807, 2.05) is 30.3 Å². The van der Waals surface area contributed by atoms with Gasteiger partial charge in [0, 0.05) is 12.7 Å². The molecule has 0 aliphatic heterocycles. The number of ketones is 1. The summed E-state index contributed by atoms with van der Waals surface area (Å²) in [6.07, 6.45) is 3.32. The van der Waals surface area contributed by atoms with Crippen LogP contribution >= 0.6 is 0 Å². The van der Waals surface area contributed by atoms with Crippen molar-refractivity contribution >= 4 is 11.9 Å². The van der Waals surface area contributed by atoms with Gasteiger partial charge >= 0.3 is 0 Å². The summed E-state index contributed by atoms with van der Waals surface area (Å²) >= 11 is 0. The van der Waals surface area contributed by atoms with Gasteiger partial charge in [0.1, 0.15) is 0 Å². The third-order valence-electron chi connectivity index (χ3n) is 3.01. The summed E-state index contributed by atoms with van der Waals surface area (Å²) in [5.74, 6) is 0.935. The van der Waals surface area contributed by atoms with E-state index in [1.165, 1.54) is 7.11 Å². The molecular formula is C18H18O4. The summed E-state index contributed by atoms with van der Waals surface area (Å²) in [7, 11) is 3.07. The molecule has 0 N–H and O–H groups in total. The Bertz CT molecular complexity index is 647. The Morgan fingerprint density at radius 2 is 1.82 bits per heavy atom. The minimum Gasteiger partial charge on any atom is -0.493 e. The maximum absolute atomic E-state index is 12.2. The summed E-state index contributed by atoms with van der Waals surface area (Å²) in [4.78, 5) is 12.2. The van der Waals surface area contributed by atoms with Crippen LogP contribution in [0.15, 0.2) is 54.6 Å². The lowest BCUT2D eigenvalue weighted by molar-refractivity contribution is 0.0491. The highest BCUT2D eigenvalue weighted by Crippen LogP contribution is 2.28. The summed E-state index contributed by atoms with van der Waals surface area (Å²) in [5, 5.41) is 0. The first-order chi connectivity index (χ1) is 10.7. The van der Waals surface area contributed by atoms with E-state index in [2.05, 4.69) is 0 Å². The van der Waals surface area contributed by atoms with Gasteiger partial charge in [-0.2, -0.15) is 0 Å². The smallest absolute Gasteiger partial charge is 0.188 e. The van der Waals surface area contributed by atoms with Crippen molar-refractivity contribution in [3.8, 4) is 11.5 Å². The molecule has 4 nitrogen and oxygen atoms in total. The van der Waals surface area contributed by atoms with Crippen molar-refractivity contribution in [3.05, 3.63) is 65.7 Å². The highest BCUT2D eigenvalue weighted by atomic mass is 16.7. The van der Waals surface area contributed by atoms with E-state index >= 15 is 0 Å². The van der Waals surface area contributed by atoms with Gasteiger partial charge in [-0.05, 0) is 29.8 Å². The summed E-state index contributed by atoms with van der Waals surface area (Å²) in [6, 6.07) is 14.7. The van der Waals surface area contributed by atoms with Crippen LogP contribution in [0.4, 0.5) is 0 Å². The summed E-state index contributed by atoms with van der Waals surface area (Å²) in [6.45, 7) is 0.123. The number of hydrogen-bond donors (Lipinski definition) is 0. The molecular weight excluding hydrogens is 280 g/mol. The van der Waals surface area contributed by atoms with Crippen LogP contribution in [0.5, 0.6) is 11.5 Å². The largest absolute Gasteiger partial charge is 0.493 e. The van der Waals surface area contributed by atoms with Crippen LogP contribution in [0.2, 0.25) is 0 Å². The monoisotopic (exact) mass is 298 g/mol. The first kappa shape index (κ1) is 15.8. The van der Waals surface area contributed by atoms with Crippen molar-refractivity contribution in [2.45, 2.75) is 0 Å². The molecule has 0 radical (unpaired) electrons. The van der Waals surface area contributed by atoms with E-state index in [9.17, 15) is 4.79 Å². The molecule has 0 aliphatic carbocycles. The molecule has 0 unspecified atom stereocenters. The maximum atomic E-state index is 12.2. The number of ether oxygens (including phenoxy) is 3. The predicted molar refractivity (Wildman–Crippen MR) is 85.3 cm³/mol. The number of methoxy groups -OCH3 is 2. The first-order valence-corrected chi connectivity index (χ1v) is 6.82. The molecule has 114 valence electrons. The van der Waals surface area contributed by atoms with Crippen molar-refractivity contribution in [1.82, 2.24) is 0 Å². The average molecular weight is 298 g/mol. The number of hydrogen-bond acceptors (Lipinski definition) is 4. The van der Waals surface area contributed by atoms with Gasteiger partial charge in [-0.1, -0.05) is 36.4 Å². The molecule has 0 fully saturated rings. The Balaban J connectivity index is 2.14. The van der Waals surface area contributed by atoms with Gasteiger partial charge in [0.2, 0.25) is 0 Å². The molecule has 0 aromatic heterocycles. The Morgan fingerprint density at radius 1 is 1.05 bits per heavy atom. The van der Waals surface area contributed by atoms with Crippen LogP contribution in [0, 0.1) is 0 Å². The fourth-order valence-corrected chi connectivity index (χ4v) is 1.89. The van der Waals surface area contributed by atoms with E-state index in [1.54, 1.807) is 37.5 Å². The minimum absolute atomic E-state index is 0.0968. The fourth-order valence-electron chi connectivity index (χ4n) is 1.89. The molecule has 22 heavy (non-hydrogen) atoms. The second kappa shape index (κ2) is 8.00. The van der Waals surface area contributed by atoms with Crippen LogP contribution in [0.3, 0.4) is 0 Å². The second-order valence-electron chi connectivity index (χ2n) is 4.52. The first-order valence-electron chi connectivity index (χ1n) is 6.82. The number of allylic oxidation sites excluding steroid dienone is 1. The van der Waals surface area contributed by atoms with Gasteiger partial charge in [-0.25, -0.2) is 0 Å². The highest BCUT2D eigenvalue weighted by molar-refractivity contribution is 6.07. The third kappa shape index (κ3) is 4.20. The highest BCUT2D eigenvalue weighted by Gasteiger charge is 2.09. The quantitative estimate of drug-likeness (QED) is 0.445. The van der Waals surface area contributed by atoms with E-state index in [4.69, 9.17) is 14.2 Å². The Morgan fingerprint density at radius 3 is 2.50 bits per heavy atom. The summed E-state index contributed by atoms with van der Waals surface area (Å²) in [5.41, 5.74) is 1.51. The standard InChI is InChI=1S/C18H18O4/c1-20-13-22-17-11-9-15(12-18(17)21-2)16(19)10-8-14-6-4-3-5-7-14/h3-12H,13H2,1-2H3/b10-8+. The lowest BCUT2D eigenvalue weighted by Crippen LogP contribution is -2.02. The Kier molecular flexibility index (Phi) is 5.74. The van der Waals surface area contributed by atoms with Gasteiger partial charge < -0.3 is 14.2 Å². The maximum Gasteiger partial charge on any atom is 0.188 e. The topological polar surface area (TPSA) is 44.8 Å². The molecule has 0 bridgehead atoms. The zero-order chi connectivity index (χ0) is 15.8. The predicted octanol–water partition coefficient (Wildman–Crippen LogP) is 3.57. The van der Waals surface area contributed by atoms with Crippen molar-refractivity contribution in [2.75, 3.05) is 21.0 Å². The van der Waals surface area contributed by atoms with Crippen molar-refractivity contribution in [3.63, 3.8) is 0 Å². The van der Waals surface area contributed by atoms with Crippen molar-refractivity contribution in [1.29, 1.82) is 0 Å². The zero-order valence-electron chi connectivity index (χ0n) is 12.6. The van der Waals surface area contributed by atoms with E-state index < -0.39 is 0 Å². The van der Waals surface area contributed by atoms with Crippen molar-refractivity contribution < 1.29 is 19.0 Å². The number of carbonyl (C=O) groups excluding carboxylic acids is 1. The number of carbonyl (C=O) groups is 1. The molecule has 0 amide bonds. The third-order valence-corrected chi connectivity index (χ3v) is 3.01. The molecule has 0 saturated heterocycles. The van der Waals surface area contributed by atoms with Crippen LogP contribution in [-0.4, -0.2) is 26.8 Å². The molecule has 0 heterocycles. The molecule has 2 aromatic rings. The molecule has 2 aromatic carbocycles. The molecule has 4 heteroatoms. The van der Waals surface area contributed by atoms with Gasteiger partial charge in [0.25, 0.3) is 0 Å². The molecule has 0 saturated carbocycles. The van der Waals surface area contributed by atoms with E-state index in [0.717, 1.165) is 5.56 Å². The normalized spacial score (nSPS) is 10.6. The second-order valence-corrected chi connectivity index (χ2v) is 4.52. The van der Waals surface area contributed by atoms with E-state index in [-0.39, 0.29) is 12.6 Å². The van der Waals surface area contributed by atoms with Crippen LogP contribution in [-0.2, 0) is 4.74 Å². The molecule has 0 atom stereocenters. The molecule has 2 rings (SSSR count). The lowest BCUT2D eigenvalue weighted by Gasteiger charge is -2.10. The van der Waals surface area contributed by atoms with Gasteiger partial charge in [-0.15, -0.1) is 0 Å². The fraction of sp³-hybridized carbons (Fsp3) is 0.167. The van der Waals surface area contributed by atoms with E-state index in [0.29, 0.717) is 17.1 Å². The molecule has 0 aliphatic rings. The Labute approximate surface area is 129 Å². The van der Waals surface area contributed by atoms with Gasteiger partial charge in [0.05, 0.1) is 7.11 Å².